The number of benzene rings is 1. The van der Waals surface area contributed by atoms with Gasteiger partial charge in [-0.1, -0.05) is 12.1 Å². The van der Waals surface area contributed by atoms with Crippen molar-refractivity contribution in [3.63, 3.8) is 0 Å². The van der Waals surface area contributed by atoms with E-state index in [1.165, 1.54) is 6.92 Å². The predicted molar refractivity (Wildman–Crippen MR) is 104 cm³/mol. The average Bonchev–Trinajstić information content (AvgIpc) is 3.28. The molecule has 8 heteroatoms. The lowest BCUT2D eigenvalue weighted by Gasteiger charge is -2.35. The van der Waals surface area contributed by atoms with Crippen molar-refractivity contribution in [1.29, 1.82) is 0 Å². The molecule has 0 bridgehead atoms. The third kappa shape index (κ3) is 3.62. The highest BCUT2D eigenvalue weighted by Crippen LogP contribution is 2.16. The van der Waals surface area contributed by atoms with Gasteiger partial charge >= 0.3 is 0 Å². The molecule has 1 aliphatic heterocycles. The molecule has 3 heterocycles. The Morgan fingerprint density at radius 3 is 2.07 bits per heavy atom. The molecule has 0 N–H and O–H groups in total. The van der Waals surface area contributed by atoms with E-state index in [9.17, 15) is 9.59 Å². The van der Waals surface area contributed by atoms with E-state index in [-0.39, 0.29) is 11.7 Å². The van der Waals surface area contributed by atoms with Crippen LogP contribution in [0.5, 0.6) is 0 Å². The van der Waals surface area contributed by atoms with Crippen LogP contribution in [0.2, 0.25) is 0 Å². The quantitative estimate of drug-likeness (QED) is 0.646. The SMILES string of the molecule is CC(=O)c1ccc(C(=O)N2CCN(c3ccc(-n4cccn4)nn3)CC2)cc1. The third-order valence-corrected chi connectivity index (χ3v) is 4.80. The van der Waals surface area contributed by atoms with Crippen LogP contribution in [0.4, 0.5) is 5.82 Å². The second-order valence-electron chi connectivity index (χ2n) is 6.61. The van der Waals surface area contributed by atoms with Crippen LogP contribution in [-0.4, -0.2) is 62.7 Å². The Balaban J connectivity index is 1.37. The molecule has 1 aliphatic rings. The molecule has 1 saturated heterocycles. The summed E-state index contributed by atoms with van der Waals surface area (Å²) in [5, 5.41) is 12.7. The summed E-state index contributed by atoms with van der Waals surface area (Å²) in [7, 11) is 0. The van der Waals surface area contributed by atoms with E-state index in [2.05, 4.69) is 20.2 Å². The zero-order valence-electron chi connectivity index (χ0n) is 15.5. The van der Waals surface area contributed by atoms with Gasteiger partial charge in [-0.3, -0.25) is 9.59 Å². The third-order valence-electron chi connectivity index (χ3n) is 4.80. The fourth-order valence-electron chi connectivity index (χ4n) is 3.18. The molecular formula is C20H20N6O2. The van der Waals surface area contributed by atoms with E-state index in [1.54, 1.807) is 35.1 Å². The second kappa shape index (κ2) is 7.59. The number of piperazine rings is 1. The molecule has 0 radical (unpaired) electrons. The minimum Gasteiger partial charge on any atom is -0.352 e. The van der Waals surface area contributed by atoms with Gasteiger partial charge in [-0.25, -0.2) is 4.68 Å². The monoisotopic (exact) mass is 376 g/mol. The molecular weight excluding hydrogens is 356 g/mol. The molecule has 8 nitrogen and oxygen atoms in total. The van der Waals surface area contributed by atoms with Crippen molar-refractivity contribution < 1.29 is 9.59 Å². The summed E-state index contributed by atoms with van der Waals surface area (Å²) in [6.07, 6.45) is 3.51. The first-order valence-corrected chi connectivity index (χ1v) is 9.11. The summed E-state index contributed by atoms with van der Waals surface area (Å²) in [4.78, 5) is 28.0. The number of carbonyl (C=O) groups is 2. The van der Waals surface area contributed by atoms with Crippen molar-refractivity contribution >= 4 is 17.5 Å². The maximum atomic E-state index is 12.7. The van der Waals surface area contributed by atoms with E-state index >= 15 is 0 Å². The molecule has 1 aromatic carbocycles. The smallest absolute Gasteiger partial charge is 0.253 e. The van der Waals surface area contributed by atoms with Crippen LogP contribution in [-0.2, 0) is 0 Å². The first kappa shape index (κ1) is 17.8. The highest BCUT2D eigenvalue weighted by molar-refractivity contribution is 5.97. The van der Waals surface area contributed by atoms with Crippen LogP contribution in [0.1, 0.15) is 27.6 Å². The number of Topliss-reactive ketones (excluding diaryl/α,β-unsaturated/α-hetero) is 1. The highest BCUT2D eigenvalue weighted by atomic mass is 16.2. The summed E-state index contributed by atoms with van der Waals surface area (Å²) in [6.45, 7) is 4.10. The number of ketones is 1. The van der Waals surface area contributed by atoms with E-state index in [0.717, 1.165) is 5.82 Å². The zero-order chi connectivity index (χ0) is 19.5. The van der Waals surface area contributed by atoms with Crippen molar-refractivity contribution in [2.75, 3.05) is 31.1 Å². The Morgan fingerprint density at radius 1 is 0.857 bits per heavy atom. The number of rotatable bonds is 4. The Bertz CT molecular complexity index is 959. The molecule has 0 aliphatic carbocycles. The van der Waals surface area contributed by atoms with Crippen LogP contribution >= 0.6 is 0 Å². The highest BCUT2D eigenvalue weighted by Gasteiger charge is 2.23. The maximum absolute atomic E-state index is 12.7. The van der Waals surface area contributed by atoms with Crippen molar-refractivity contribution in [2.24, 2.45) is 0 Å². The molecule has 4 rings (SSSR count). The van der Waals surface area contributed by atoms with Crippen molar-refractivity contribution in [1.82, 2.24) is 24.9 Å². The lowest BCUT2D eigenvalue weighted by molar-refractivity contribution is 0.0746. The number of anilines is 1. The molecule has 0 spiro atoms. The van der Waals surface area contributed by atoms with Gasteiger partial charge in [-0.2, -0.15) is 5.10 Å². The van der Waals surface area contributed by atoms with Gasteiger partial charge in [0.2, 0.25) is 0 Å². The standard InChI is InChI=1S/C20H20N6O2/c1-15(27)16-3-5-17(6-4-16)20(28)25-13-11-24(12-14-25)18-7-8-19(23-22-18)26-10-2-9-21-26/h2-10H,11-14H2,1H3. The molecule has 1 fully saturated rings. The molecule has 0 atom stereocenters. The van der Waals surface area contributed by atoms with Crippen LogP contribution in [0.25, 0.3) is 5.82 Å². The maximum Gasteiger partial charge on any atom is 0.253 e. The molecule has 2 aromatic heterocycles. The van der Waals surface area contributed by atoms with Crippen molar-refractivity contribution in [2.45, 2.75) is 6.92 Å². The van der Waals surface area contributed by atoms with Crippen molar-refractivity contribution in [3.05, 3.63) is 66.0 Å². The summed E-state index contributed by atoms with van der Waals surface area (Å²) in [5.41, 5.74) is 1.21. The fourth-order valence-corrected chi connectivity index (χ4v) is 3.18. The van der Waals surface area contributed by atoms with Gasteiger partial charge < -0.3 is 9.80 Å². The number of hydrogen-bond donors (Lipinski definition) is 0. The molecule has 1 amide bonds. The summed E-state index contributed by atoms with van der Waals surface area (Å²) in [6, 6.07) is 12.5. The lowest BCUT2D eigenvalue weighted by atomic mass is 10.1. The first-order valence-electron chi connectivity index (χ1n) is 9.11. The Labute approximate surface area is 162 Å². The van der Waals surface area contributed by atoms with Crippen LogP contribution in [0.3, 0.4) is 0 Å². The fraction of sp³-hybridized carbons (Fsp3) is 0.250. The lowest BCUT2D eigenvalue weighted by Crippen LogP contribution is -2.49. The molecule has 142 valence electrons. The van der Waals surface area contributed by atoms with E-state index in [1.807, 2.05) is 29.3 Å². The summed E-state index contributed by atoms with van der Waals surface area (Å²) >= 11 is 0. The van der Waals surface area contributed by atoms with E-state index in [0.29, 0.717) is 43.1 Å². The van der Waals surface area contributed by atoms with Crippen molar-refractivity contribution in [3.8, 4) is 5.82 Å². The number of nitrogens with zero attached hydrogens (tertiary/aromatic N) is 6. The first-order chi connectivity index (χ1) is 13.6. The second-order valence-corrected chi connectivity index (χ2v) is 6.61. The van der Waals surface area contributed by atoms with Crippen LogP contribution < -0.4 is 4.90 Å². The Kier molecular flexibility index (Phi) is 4.84. The zero-order valence-corrected chi connectivity index (χ0v) is 15.5. The molecule has 0 unspecified atom stereocenters. The van der Waals surface area contributed by atoms with Gasteiger partial charge in [0.1, 0.15) is 0 Å². The minimum atomic E-state index is -0.0186. The van der Waals surface area contributed by atoms with E-state index < -0.39 is 0 Å². The molecule has 0 saturated carbocycles. The van der Waals surface area contributed by atoms with Gasteiger partial charge in [-0.05, 0) is 37.3 Å². The number of amides is 1. The van der Waals surface area contributed by atoms with Gasteiger partial charge in [-0.15, -0.1) is 10.2 Å². The van der Waals surface area contributed by atoms with Gasteiger partial charge in [0.05, 0.1) is 0 Å². The molecule has 3 aromatic rings. The number of hydrogen-bond acceptors (Lipinski definition) is 6. The van der Waals surface area contributed by atoms with Crippen LogP contribution in [0, 0.1) is 0 Å². The predicted octanol–water partition coefficient (Wildman–Crippen LogP) is 1.83. The minimum absolute atomic E-state index is 0.00713. The van der Waals surface area contributed by atoms with Gasteiger partial charge in [0.15, 0.2) is 17.4 Å². The molecule has 28 heavy (non-hydrogen) atoms. The summed E-state index contributed by atoms with van der Waals surface area (Å²) < 4.78 is 1.66. The van der Waals surface area contributed by atoms with Gasteiger partial charge in [0, 0.05) is 49.7 Å². The number of aromatic nitrogens is 4. The number of carbonyl (C=O) groups excluding carboxylic acids is 2. The summed E-state index contributed by atoms with van der Waals surface area (Å²) in [5.74, 6) is 1.42. The Hall–Kier alpha value is -3.55. The largest absolute Gasteiger partial charge is 0.352 e. The Morgan fingerprint density at radius 2 is 1.50 bits per heavy atom. The topological polar surface area (TPSA) is 84.2 Å². The van der Waals surface area contributed by atoms with Gasteiger partial charge in [0.25, 0.3) is 5.91 Å². The van der Waals surface area contributed by atoms with Crippen LogP contribution in [0.15, 0.2) is 54.9 Å². The average molecular weight is 376 g/mol. The normalized spacial score (nSPS) is 14.2. The van der Waals surface area contributed by atoms with E-state index in [4.69, 9.17) is 0 Å².